The van der Waals surface area contributed by atoms with Crippen LogP contribution in [0.1, 0.15) is 17.8 Å². The monoisotopic (exact) mass is 173 g/mol. The first-order valence-electron chi connectivity index (χ1n) is 4.29. The fraction of sp³-hybridized carbons (Fsp3) is 0.200. The van der Waals surface area contributed by atoms with E-state index in [0.717, 1.165) is 17.8 Å². The van der Waals surface area contributed by atoms with E-state index in [2.05, 4.69) is 28.9 Å². The minimum atomic E-state index is 0.661. The molecule has 0 saturated carbocycles. The molecule has 0 aromatic carbocycles. The summed E-state index contributed by atoms with van der Waals surface area (Å²) in [6.07, 6.45) is 10.9. The van der Waals surface area contributed by atoms with Gasteiger partial charge in [0.05, 0.1) is 6.54 Å². The second-order valence-corrected chi connectivity index (χ2v) is 2.85. The van der Waals surface area contributed by atoms with Crippen LogP contribution in [0.3, 0.4) is 0 Å². The van der Waals surface area contributed by atoms with Gasteiger partial charge in [0.25, 0.3) is 0 Å². The molecule has 1 aromatic heterocycles. The highest BCUT2D eigenvalue weighted by atomic mass is 15.5. The van der Waals surface area contributed by atoms with Crippen LogP contribution in [0, 0.1) is 0 Å². The molecule has 1 aliphatic carbocycles. The van der Waals surface area contributed by atoms with Crippen molar-refractivity contribution in [3.63, 3.8) is 0 Å². The second kappa shape index (κ2) is 3.39. The van der Waals surface area contributed by atoms with Gasteiger partial charge in [-0.05, 0) is 18.6 Å². The molecule has 66 valence electrons. The number of nitrogens with zero attached hydrogens (tertiary/aromatic N) is 3. The van der Waals surface area contributed by atoms with Crippen molar-refractivity contribution in [2.24, 2.45) is 0 Å². The Morgan fingerprint density at radius 3 is 2.46 bits per heavy atom. The van der Waals surface area contributed by atoms with Gasteiger partial charge in [-0.15, -0.1) is 6.58 Å². The zero-order valence-corrected chi connectivity index (χ0v) is 7.35. The van der Waals surface area contributed by atoms with Gasteiger partial charge < -0.3 is 0 Å². The largest absolute Gasteiger partial charge is 0.180 e. The van der Waals surface area contributed by atoms with Crippen molar-refractivity contribution in [2.75, 3.05) is 0 Å². The van der Waals surface area contributed by atoms with E-state index < -0.39 is 0 Å². The molecule has 0 radical (unpaired) electrons. The van der Waals surface area contributed by atoms with Crippen molar-refractivity contribution >= 4 is 12.2 Å². The van der Waals surface area contributed by atoms with Gasteiger partial charge in [-0.1, -0.05) is 18.2 Å². The Labute approximate surface area is 77.1 Å². The van der Waals surface area contributed by atoms with E-state index in [9.17, 15) is 0 Å². The molecule has 0 fully saturated rings. The van der Waals surface area contributed by atoms with Crippen LogP contribution >= 0.6 is 0 Å². The normalized spacial score (nSPS) is 13.8. The van der Waals surface area contributed by atoms with E-state index in [1.807, 2.05) is 12.2 Å². The fourth-order valence-corrected chi connectivity index (χ4v) is 1.25. The summed E-state index contributed by atoms with van der Waals surface area (Å²) >= 11 is 0. The summed E-state index contributed by atoms with van der Waals surface area (Å²) in [4.78, 5) is 1.65. The molecule has 0 spiro atoms. The Morgan fingerprint density at radius 2 is 1.92 bits per heavy atom. The highest BCUT2D eigenvalue weighted by Gasteiger charge is 2.05. The van der Waals surface area contributed by atoms with Crippen LogP contribution in [0.4, 0.5) is 0 Å². The molecule has 0 unspecified atom stereocenters. The van der Waals surface area contributed by atoms with Gasteiger partial charge in [0, 0.05) is 0 Å². The summed E-state index contributed by atoms with van der Waals surface area (Å²) in [6.45, 7) is 4.31. The highest BCUT2D eigenvalue weighted by molar-refractivity contribution is 5.61. The van der Waals surface area contributed by atoms with Gasteiger partial charge in [-0.2, -0.15) is 15.0 Å². The van der Waals surface area contributed by atoms with E-state index in [-0.39, 0.29) is 0 Å². The second-order valence-electron chi connectivity index (χ2n) is 2.85. The molecule has 0 amide bonds. The molecular weight excluding hydrogens is 162 g/mol. The van der Waals surface area contributed by atoms with Crippen LogP contribution in [-0.4, -0.2) is 15.0 Å². The van der Waals surface area contributed by atoms with Gasteiger partial charge in [0.2, 0.25) is 0 Å². The van der Waals surface area contributed by atoms with E-state index in [1.165, 1.54) is 0 Å². The molecule has 3 heteroatoms. The van der Waals surface area contributed by atoms with Crippen LogP contribution in [0.2, 0.25) is 0 Å². The maximum absolute atomic E-state index is 4.30. The van der Waals surface area contributed by atoms with Crippen molar-refractivity contribution in [1.29, 1.82) is 0 Å². The van der Waals surface area contributed by atoms with Crippen LogP contribution in [0.5, 0.6) is 0 Å². The lowest BCUT2D eigenvalue weighted by molar-refractivity contribution is 0.600. The van der Waals surface area contributed by atoms with Crippen molar-refractivity contribution in [1.82, 2.24) is 15.0 Å². The van der Waals surface area contributed by atoms with Crippen LogP contribution in [-0.2, 0) is 6.54 Å². The topological polar surface area (TPSA) is 30.7 Å². The van der Waals surface area contributed by atoms with Gasteiger partial charge in [-0.25, -0.2) is 0 Å². The SMILES string of the molecule is C=CCn1nc2c(n1)C=CCC=C2. The zero-order valence-electron chi connectivity index (χ0n) is 7.35. The lowest BCUT2D eigenvalue weighted by Crippen LogP contribution is -1.99. The first-order valence-corrected chi connectivity index (χ1v) is 4.29. The van der Waals surface area contributed by atoms with Crippen molar-refractivity contribution < 1.29 is 0 Å². The van der Waals surface area contributed by atoms with Crippen LogP contribution < -0.4 is 0 Å². The zero-order chi connectivity index (χ0) is 9.10. The maximum Gasteiger partial charge on any atom is 0.112 e. The third kappa shape index (κ3) is 1.59. The van der Waals surface area contributed by atoms with Crippen molar-refractivity contribution in [3.05, 3.63) is 36.2 Å². The molecule has 1 heterocycles. The average Bonchev–Trinajstić information content (AvgIpc) is 2.37. The summed E-state index contributed by atoms with van der Waals surface area (Å²) in [5.74, 6) is 0. The first-order chi connectivity index (χ1) is 6.40. The van der Waals surface area contributed by atoms with Crippen LogP contribution in [0.15, 0.2) is 24.8 Å². The summed E-state index contributed by atoms with van der Waals surface area (Å²) in [6, 6.07) is 0. The summed E-state index contributed by atoms with van der Waals surface area (Å²) in [7, 11) is 0. The van der Waals surface area contributed by atoms with Crippen LogP contribution in [0.25, 0.3) is 12.2 Å². The summed E-state index contributed by atoms with van der Waals surface area (Å²) in [5, 5.41) is 8.59. The lowest BCUT2D eigenvalue weighted by Gasteiger charge is -1.89. The third-order valence-corrected chi connectivity index (χ3v) is 1.82. The highest BCUT2D eigenvalue weighted by Crippen LogP contribution is 2.12. The number of rotatable bonds is 2. The van der Waals surface area contributed by atoms with Crippen molar-refractivity contribution in [3.8, 4) is 0 Å². The fourth-order valence-electron chi connectivity index (χ4n) is 1.25. The molecule has 0 bridgehead atoms. The third-order valence-electron chi connectivity index (χ3n) is 1.82. The Morgan fingerprint density at radius 1 is 1.31 bits per heavy atom. The quantitative estimate of drug-likeness (QED) is 0.639. The number of hydrogen-bond donors (Lipinski definition) is 0. The number of hydrogen-bond acceptors (Lipinski definition) is 2. The predicted octanol–water partition coefficient (Wildman–Crippen LogP) is 1.89. The first kappa shape index (κ1) is 7.98. The number of fused-ring (bicyclic) bond motifs is 1. The molecule has 1 aliphatic rings. The Balaban J connectivity index is 2.38. The number of allylic oxidation sites excluding steroid dienone is 3. The standard InChI is InChI=1S/C10H11N3/c1-2-8-13-11-9-6-4-3-5-7-10(9)12-13/h2,4-7H,1,3,8H2. The van der Waals surface area contributed by atoms with Gasteiger partial charge >= 0.3 is 0 Å². The molecule has 3 nitrogen and oxygen atoms in total. The minimum absolute atomic E-state index is 0.661. The molecule has 0 N–H and O–H groups in total. The maximum atomic E-state index is 4.30. The van der Waals surface area contributed by atoms with Gasteiger partial charge in [0.15, 0.2) is 0 Å². The molecule has 0 atom stereocenters. The lowest BCUT2D eigenvalue weighted by atomic mass is 10.3. The van der Waals surface area contributed by atoms with Crippen molar-refractivity contribution in [2.45, 2.75) is 13.0 Å². The Bertz CT molecular complexity index is 342. The molecule has 0 aliphatic heterocycles. The van der Waals surface area contributed by atoms with E-state index in [1.54, 1.807) is 10.9 Å². The summed E-state index contributed by atoms with van der Waals surface area (Å²) in [5.41, 5.74) is 1.88. The van der Waals surface area contributed by atoms with E-state index in [4.69, 9.17) is 0 Å². The molecule has 13 heavy (non-hydrogen) atoms. The molecule has 1 aromatic rings. The molecular formula is C10H11N3. The summed E-state index contributed by atoms with van der Waals surface area (Å²) < 4.78 is 0. The van der Waals surface area contributed by atoms with Gasteiger partial charge in [0.1, 0.15) is 11.4 Å². The smallest absolute Gasteiger partial charge is 0.112 e. The van der Waals surface area contributed by atoms with E-state index in [0.29, 0.717) is 6.54 Å². The minimum Gasteiger partial charge on any atom is -0.180 e. The number of aromatic nitrogens is 3. The molecule has 0 saturated heterocycles. The predicted molar refractivity (Wildman–Crippen MR) is 52.9 cm³/mol. The Hall–Kier alpha value is -1.64. The van der Waals surface area contributed by atoms with E-state index >= 15 is 0 Å². The van der Waals surface area contributed by atoms with Gasteiger partial charge in [-0.3, -0.25) is 0 Å². The Kier molecular flexibility index (Phi) is 2.08. The molecule has 2 rings (SSSR count). The average molecular weight is 173 g/mol.